The van der Waals surface area contributed by atoms with E-state index in [9.17, 15) is 0 Å². The van der Waals surface area contributed by atoms with Crippen molar-refractivity contribution in [2.75, 3.05) is 13.2 Å². The Morgan fingerprint density at radius 1 is 1.56 bits per heavy atom. The van der Waals surface area contributed by atoms with Crippen molar-refractivity contribution in [2.45, 2.75) is 38.6 Å². The summed E-state index contributed by atoms with van der Waals surface area (Å²) in [6.07, 6.45) is 4.08. The van der Waals surface area contributed by atoms with Crippen molar-refractivity contribution in [3.63, 3.8) is 0 Å². The average Bonchev–Trinajstić information content (AvgIpc) is 2.29. The van der Waals surface area contributed by atoms with E-state index in [1.165, 1.54) is 0 Å². The van der Waals surface area contributed by atoms with Gasteiger partial charge in [-0.15, -0.1) is 0 Å². The summed E-state index contributed by atoms with van der Waals surface area (Å²) in [5.74, 6) is 1.26. The normalized spacial score (nSPS) is 23.1. The Morgan fingerprint density at radius 2 is 2.38 bits per heavy atom. The first-order valence-electron chi connectivity index (χ1n) is 5.85. The van der Waals surface area contributed by atoms with Crippen LogP contribution in [0.5, 0.6) is 0 Å². The second-order valence-corrected chi connectivity index (χ2v) is 4.47. The van der Waals surface area contributed by atoms with Crippen LogP contribution in [0.1, 0.15) is 48.8 Å². The van der Waals surface area contributed by atoms with Gasteiger partial charge in [0.25, 0.3) is 0 Å². The Hall–Kier alpha value is -1.00. The summed E-state index contributed by atoms with van der Waals surface area (Å²) in [4.78, 5) is 8.96. The van der Waals surface area contributed by atoms with Gasteiger partial charge in [-0.3, -0.25) is 0 Å². The van der Waals surface area contributed by atoms with E-state index >= 15 is 0 Å². The van der Waals surface area contributed by atoms with Gasteiger partial charge < -0.3 is 10.5 Å². The van der Waals surface area contributed by atoms with Crippen molar-refractivity contribution in [2.24, 2.45) is 5.73 Å². The van der Waals surface area contributed by atoms with E-state index < -0.39 is 0 Å². The van der Waals surface area contributed by atoms with Crippen LogP contribution >= 0.6 is 0 Å². The van der Waals surface area contributed by atoms with Crippen LogP contribution in [0.25, 0.3) is 0 Å². The van der Waals surface area contributed by atoms with Crippen molar-refractivity contribution in [3.05, 3.63) is 23.3 Å². The molecule has 0 aromatic carbocycles. The summed E-state index contributed by atoms with van der Waals surface area (Å²) < 4.78 is 5.45. The monoisotopic (exact) mass is 221 g/mol. The highest BCUT2D eigenvalue weighted by molar-refractivity contribution is 5.20. The van der Waals surface area contributed by atoms with Gasteiger partial charge in [-0.25, -0.2) is 9.97 Å². The largest absolute Gasteiger partial charge is 0.381 e. The smallest absolute Gasteiger partial charge is 0.133 e. The first kappa shape index (κ1) is 11.5. The third-order valence-electron chi connectivity index (χ3n) is 3.05. The van der Waals surface area contributed by atoms with Gasteiger partial charge in [-0.2, -0.15) is 0 Å². The van der Waals surface area contributed by atoms with E-state index in [2.05, 4.69) is 9.97 Å². The molecule has 1 saturated heterocycles. The van der Waals surface area contributed by atoms with Gasteiger partial charge >= 0.3 is 0 Å². The van der Waals surface area contributed by atoms with Gasteiger partial charge in [-0.1, -0.05) is 0 Å². The lowest BCUT2D eigenvalue weighted by molar-refractivity contribution is 0.0780. The van der Waals surface area contributed by atoms with Gasteiger partial charge in [0.15, 0.2) is 0 Å². The SMILES string of the molecule is Cc1nc(C2CCCOC2)ncc1[C@@H](C)N. The minimum Gasteiger partial charge on any atom is -0.381 e. The third kappa shape index (κ3) is 2.39. The first-order valence-corrected chi connectivity index (χ1v) is 5.85. The molecule has 16 heavy (non-hydrogen) atoms. The number of hydrogen-bond acceptors (Lipinski definition) is 4. The minimum atomic E-state index is -0.00310. The van der Waals surface area contributed by atoms with Crippen molar-refractivity contribution in [3.8, 4) is 0 Å². The zero-order chi connectivity index (χ0) is 11.5. The van der Waals surface area contributed by atoms with Crippen LogP contribution in [0.2, 0.25) is 0 Å². The molecule has 2 rings (SSSR count). The Kier molecular flexibility index (Phi) is 3.51. The van der Waals surface area contributed by atoms with E-state index in [1.807, 2.05) is 20.0 Å². The molecule has 0 aliphatic carbocycles. The Morgan fingerprint density at radius 3 is 2.94 bits per heavy atom. The highest BCUT2D eigenvalue weighted by Gasteiger charge is 2.19. The highest BCUT2D eigenvalue weighted by atomic mass is 16.5. The van der Waals surface area contributed by atoms with Crippen molar-refractivity contribution in [1.29, 1.82) is 0 Å². The molecule has 0 amide bonds. The Labute approximate surface area is 96.2 Å². The summed E-state index contributed by atoms with van der Waals surface area (Å²) in [5, 5.41) is 0. The number of ether oxygens (including phenoxy) is 1. The fourth-order valence-corrected chi connectivity index (χ4v) is 2.08. The lowest BCUT2D eigenvalue weighted by Crippen LogP contribution is -2.19. The summed E-state index contributed by atoms with van der Waals surface area (Å²) in [6.45, 7) is 5.56. The molecule has 1 unspecified atom stereocenters. The molecule has 2 atom stereocenters. The molecular weight excluding hydrogens is 202 g/mol. The van der Waals surface area contributed by atoms with E-state index in [0.717, 1.165) is 43.1 Å². The molecule has 0 saturated carbocycles. The fourth-order valence-electron chi connectivity index (χ4n) is 2.08. The van der Waals surface area contributed by atoms with Crippen LogP contribution in [-0.4, -0.2) is 23.2 Å². The van der Waals surface area contributed by atoms with Gasteiger partial charge in [-0.05, 0) is 26.7 Å². The van der Waals surface area contributed by atoms with Crippen molar-refractivity contribution < 1.29 is 4.74 Å². The van der Waals surface area contributed by atoms with E-state index in [1.54, 1.807) is 0 Å². The van der Waals surface area contributed by atoms with E-state index in [-0.39, 0.29) is 6.04 Å². The average molecular weight is 221 g/mol. The van der Waals surface area contributed by atoms with Crippen LogP contribution in [-0.2, 0) is 4.74 Å². The van der Waals surface area contributed by atoms with Gasteiger partial charge in [0.2, 0.25) is 0 Å². The number of hydrogen-bond donors (Lipinski definition) is 1. The van der Waals surface area contributed by atoms with Crippen LogP contribution in [0.3, 0.4) is 0 Å². The zero-order valence-electron chi connectivity index (χ0n) is 9.94. The first-order chi connectivity index (χ1) is 7.68. The molecule has 1 aromatic rings. The number of rotatable bonds is 2. The summed E-state index contributed by atoms with van der Waals surface area (Å²) in [7, 11) is 0. The van der Waals surface area contributed by atoms with Crippen LogP contribution in [0.15, 0.2) is 6.20 Å². The summed E-state index contributed by atoms with van der Waals surface area (Å²) in [5.41, 5.74) is 7.86. The standard InChI is InChI=1S/C12H19N3O/c1-8(13)11-6-14-12(15-9(11)2)10-4-3-5-16-7-10/h6,8,10H,3-5,7,13H2,1-2H3/t8-,10?/m1/s1. The second-order valence-electron chi connectivity index (χ2n) is 4.47. The Balaban J connectivity index is 2.19. The maximum atomic E-state index is 5.84. The van der Waals surface area contributed by atoms with Crippen LogP contribution in [0, 0.1) is 6.92 Å². The molecule has 4 nitrogen and oxygen atoms in total. The third-order valence-corrected chi connectivity index (χ3v) is 3.05. The molecule has 88 valence electrons. The number of nitrogens with two attached hydrogens (primary N) is 1. The molecule has 1 aliphatic rings. The van der Waals surface area contributed by atoms with Crippen LogP contribution < -0.4 is 5.73 Å². The quantitative estimate of drug-likeness (QED) is 0.825. The predicted octanol–water partition coefficient (Wildman–Crippen LogP) is 1.70. The number of aromatic nitrogens is 2. The molecule has 1 aliphatic heterocycles. The molecular formula is C12H19N3O. The maximum Gasteiger partial charge on any atom is 0.133 e. The molecule has 2 N–H and O–H groups in total. The molecule has 0 radical (unpaired) electrons. The van der Waals surface area contributed by atoms with Crippen molar-refractivity contribution >= 4 is 0 Å². The predicted molar refractivity (Wildman–Crippen MR) is 62.2 cm³/mol. The molecule has 0 spiro atoms. The topological polar surface area (TPSA) is 61.0 Å². The molecule has 2 heterocycles. The zero-order valence-corrected chi connectivity index (χ0v) is 9.94. The van der Waals surface area contributed by atoms with E-state index in [4.69, 9.17) is 10.5 Å². The Bertz CT molecular complexity index is 359. The van der Waals surface area contributed by atoms with Crippen molar-refractivity contribution in [1.82, 2.24) is 9.97 Å². The maximum absolute atomic E-state index is 5.84. The van der Waals surface area contributed by atoms with Crippen LogP contribution in [0.4, 0.5) is 0 Å². The van der Waals surface area contributed by atoms with E-state index in [0.29, 0.717) is 5.92 Å². The number of aryl methyl sites for hydroxylation is 1. The molecule has 1 fully saturated rings. The summed E-state index contributed by atoms with van der Waals surface area (Å²) >= 11 is 0. The van der Waals surface area contributed by atoms with Gasteiger partial charge in [0.05, 0.1) is 6.61 Å². The molecule has 0 bridgehead atoms. The molecule has 1 aromatic heterocycles. The lowest BCUT2D eigenvalue weighted by atomic mass is 10.0. The minimum absolute atomic E-state index is 0.00310. The second kappa shape index (κ2) is 4.89. The molecule has 4 heteroatoms. The number of nitrogens with zero attached hydrogens (tertiary/aromatic N) is 2. The lowest BCUT2D eigenvalue weighted by Gasteiger charge is -2.21. The fraction of sp³-hybridized carbons (Fsp3) is 0.667. The van der Waals surface area contributed by atoms with Gasteiger partial charge in [0, 0.05) is 36.0 Å². The van der Waals surface area contributed by atoms with Gasteiger partial charge in [0.1, 0.15) is 5.82 Å². The summed E-state index contributed by atoms with van der Waals surface area (Å²) in [6, 6.07) is -0.00310. The highest BCUT2D eigenvalue weighted by Crippen LogP contribution is 2.23.